The average molecular weight is 178 g/mol. The number of nitrogens with zero attached hydrogens (tertiary/aromatic N) is 1. The predicted molar refractivity (Wildman–Crippen MR) is 48.4 cm³/mol. The Balaban J connectivity index is 2.92. The molecule has 0 saturated heterocycles. The van der Waals surface area contributed by atoms with Crippen LogP contribution >= 0.6 is 0 Å². The Kier molecular flexibility index (Phi) is 3.41. The van der Waals surface area contributed by atoms with Crippen LogP contribution in [0.25, 0.3) is 0 Å². The molecule has 13 heavy (non-hydrogen) atoms. The van der Waals surface area contributed by atoms with Crippen LogP contribution in [-0.2, 0) is 0 Å². The SMILES string of the molecule is CNC(CC#N)c1ccccc1F. The molecule has 0 aliphatic heterocycles. The van der Waals surface area contributed by atoms with Crippen LogP contribution in [0.4, 0.5) is 4.39 Å². The number of halogens is 1. The summed E-state index contributed by atoms with van der Waals surface area (Å²) in [5, 5.41) is 11.4. The minimum absolute atomic E-state index is 0.216. The van der Waals surface area contributed by atoms with Crippen LogP contribution in [0.1, 0.15) is 18.0 Å². The van der Waals surface area contributed by atoms with E-state index in [-0.39, 0.29) is 18.3 Å². The van der Waals surface area contributed by atoms with Crippen LogP contribution < -0.4 is 5.32 Å². The number of hydrogen-bond donors (Lipinski definition) is 1. The molecule has 3 heteroatoms. The molecule has 0 bridgehead atoms. The molecule has 0 heterocycles. The summed E-state index contributed by atoms with van der Waals surface area (Å²) >= 11 is 0. The predicted octanol–water partition coefficient (Wildman–Crippen LogP) is 2.00. The Morgan fingerprint density at radius 1 is 1.54 bits per heavy atom. The van der Waals surface area contributed by atoms with Gasteiger partial charge in [0.15, 0.2) is 0 Å². The van der Waals surface area contributed by atoms with Gasteiger partial charge in [0.1, 0.15) is 5.82 Å². The average Bonchev–Trinajstić information content (AvgIpc) is 2.16. The molecule has 0 aromatic heterocycles. The van der Waals surface area contributed by atoms with E-state index in [4.69, 9.17) is 5.26 Å². The van der Waals surface area contributed by atoms with E-state index in [1.807, 2.05) is 6.07 Å². The van der Waals surface area contributed by atoms with Crippen molar-refractivity contribution >= 4 is 0 Å². The lowest BCUT2D eigenvalue weighted by Crippen LogP contribution is -2.16. The highest BCUT2D eigenvalue weighted by Crippen LogP contribution is 2.18. The topological polar surface area (TPSA) is 35.8 Å². The highest BCUT2D eigenvalue weighted by molar-refractivity contribution is 5.21. The molecule has 1 N–H and O–H groups in total. The van der Waals surface area contributed by atoms with Crippen molar-refractivity contribution in [3.05, 3.63) is 35.6 Å². The molecule has 0 radical (unpaired) electrons. The van der Waals surface area contributed by atoms with Crippen molar-refractivity contribution < 1.29 is 4.39 Å². The van der Waals surface area contributed by atoms with Crippen molar-refractivity contribution in [1.82, 2.24) is 5.32 Å². The van der Waals surface area contributed by atoms with E-state index >= 15 is 0 Å². The van der Waals surface area contributed by atoms with Gasteiger partial charge in [-0.25, -0.2) is 4.39 Å². The molecule has 0 amide bonds. The lowest BCUT2D eigenvalue weighted by Gasteiger charge is -2.13. The second-order valence-corrected chi connectivity index (χ2v) is 2.73. The second-order valence-electron chi connectivity index (χ2n) is 2.73. The summed E-state index contributed by atoms with van der Waals surface area (Å²) in [6.45, 7) is 0. The Morgan fingerprint density at radius 2 is 2.23 bits per heavy atom. The first-order valence-electron chi connectivity index (χ1n) is 4.08. The zero-order valence-electron chi connectivity index (χ0n) is 7.42. The fourth-order valence-electron chi connectivity index (χ4n) is 1.22. The van der Waals surface area contributed by atoms with Gasteiger partial charge in [-0.1, -0.05) is 18.2 Å². The van der Waals surface area contributed by atoms with Crippen molar-refractivity contribution in [1.29, 1.82) is 5.26 Å². The first-order valence-corrected chi connectivity index (χ1v) is 4.08. The molecular weight excluding hydrogens is 167 g/mol. The van der Waals surface area contributed by atoms with Crippen LogP contribution in [0.5, 0.6) is 0 Å². The van der Waals surface area contributed by atoms with Crippen LogP contribution in [0.15, 0.2) is 24.3 Å². The molecule has 0 aliphatic rings. The van der Waals surface area contributed by atoms with Crippen molar-refractivity contribution in [2.24, 2.45) is 0 Å². The zero-order valence-corrected chi connectivity index (χ0v) is 7.42. The van der Waals surface area contributed by atoms with Gasteiger partial charge in [-0.15, -0.1) is 0 Å². The monoisotopic (exact) mass is 178 g/mol. The van der Waals surface area contributed by atoms with Crippen molar-refractivity contribution in [3.8, 4) is 6.07 Å². The first-order chi connectivity index (χ1) is 6.29. The van der Waals surface area contributed by atoms with E-state index in [2.05, 4.69) is 5.32 Å². The molecule has 0 spiro atoms. The maximum Gasteiger partial charge on any atom is 0.128 e. The number of nitriles is 1. The number of nitrogens with one attached hydrogen (secondary N) is 1. The smallest absolute Gasteiger partial charge is 0.128 e. The maximum absolute atomic E-state index is 13.2. The summed E-state index contributed by atoms with van der Waals surface area (Å²) in [5.74, 6) is -0.267. The fourth-order valence-corrected chi connectivity index (χ4v) is 1.22. The van der Waals surface area contributed by atoms with Gasteiger partial charge in [-0.2, -0.15) is 5.26 Å². The van der Waals surface area contributed by atoms with E-state index in [0.29, 0.717) is 5.56 Å². The van der Waals surface area contributed by atoms with Gasteiger partial charge in [0, 0.05) is 11.6 Å². The van der Waals surface area contributed by atoms with Crippen LogP contribution in [0.3, 0.4) is 0 Å². The molecule has 2 nitrogen and oxygen atoms in total. The van der Waals surface area contributed by atoms with Gasteiger partial charge in [0.25, 0.3) is 0 Å². The molecule has 1 atom stereocenters. The third kappa shape index (κ3) is 2.27. The van der Waals surface area contributed by atoms with Crippen LogP contribution in [0, 0.1) is 17.1 Å². The van der Waals surface area contributed by atoms with Gasteiger partial charge in [0.2, 0.25) is 0 Å². The van der Waals surface area contributed by atoms with Gasteiger partial charge >= 0.3 is 0 Å². The summed E-state index contributed by atoms with van der Waals surface area (Å²) in [6.07, 6.45) is 0.275. The lowest BCUT2D eigenvalue weighted by molar-refractivity contribution is 0.542. The largest absolute Gasteiger partial charge is 0.312 e. The molecular formula is C10H11FN2. The summed E-state index contributed by atoms with van der Waals surface area (Å²) in [6, 6.07) is 8.29. The highest BCUT2D eigenvalue weighted by atomic mass is 19.1. The van der Waals surface area contributed by atoms with Gasteiger partial charge < -0.3 is 5.32 Å². The number of hydrogen-bond acceptors (Lipinski definition) is 2. The number of rotatable bonds is 3. The van der Waals surface area contributed by atoms with Crippen molar-refractivity contribution in [3.63, 3.8) is 0 Å². The standard InChI is InChI=1S/C10H11FN2/c1-13-10(6-7-12)8-4-2-3-5-9(8)11/h2-5,10,13H,6H2,1H3. The highest BCUT2D eigenvalue weighted by Gasteiger charge is 2.11. The lowest BCUT2D eigenvalue weighted by atomic mass is 10.0. The summed E-state index contributed by atoms with van der Waals surface area (Å²) in [4.78, 5) is 0. The van der Waals surface area contributed by atoms with Crippen LogP contribution in [0.2, 0.25) is 0 Å². The molecule has 1 aromatic carbocycles. The van der Waals surface area contributed by atoms with E-state index in [9.17, 15) is 4.39 Å². The molecule has 1 aromatic rings. The normalized spacial score (nSPS) is 12.1. The van der Waals surface area contributed by atoms with Gasteiger partial charge in [-0.05, 0) is 13.1 Å². The van der Waals surface area contributed by atoms with Crippen molar-refractivity contribution in [2.75, 3.05) is 7.05 Å². The molecule has 1 rings (SSSR count). The minimum atomic E-state index is -0.267. The third-order valence-electron chi connectivity index (χ3n) is 1.92. The van der Waals surface area contributed by atoms with Gasteiger partial charge in [-0.3, -0.25) is 0 Å². The van der Waals surface area contributed by atoms with Gasteiger partial charge in [0.05, 0.1) is 12.5 Å². The van der Waals surface area contributed by atoms with E-state index in [0.717, 1.165) is 0 Å². The van der Waals surface area contributed by atoms with Crippen molar-refractivity contribution in [2.45, 2.75) is 12.5 Å². The van der Waals surface area contributed by atoms with Crippen LogP contribution in [-0.4, -0.2) is 7.05 Å². The molecule has 1 unspecified atom stereocenters. The quantitative estimate of drug-likeness (QED) is 0.768. The van der Waals surface area contributed by atoms with E-state index < -0.39 is 0 Å². The Bertz CT molecular complexity index is 317. The fraction of sp³-hybridized carbons (Fsp3) is 0.300. The van der Waals surface area contributed by atoms with E-state index in [1.54, 1.807) is 25.2 Å². The minimum Gasteiger partial charge on any atom is -0.312 e. The Labute approximate surface area is 77.0 Å². The second kappa shape index (κ2) is 4.58. The summed E-state index contributed by atoms with van der Waals surface area (Å²) in [5.41, 5.74) is 0.548. The summed E-state index contributed by atoms with van der Waals surface area (Å²) < 4.78 is 13.2. The first kappa shape index (κ1) is 9.69. The van der Waals surface area contributed by atoms with E-state index in [1.165, 1.54) is 6.07 Å². The third-order valence-corrected chi connectivity index (χ3v) is 1.92. The molecule has 0 fully saturated rings. The Morgan fingerprint density at radius 3 is 2.77 bits per heavy atom. The zero-order chi connectivity index (χ0) is 9.68. The molecule has 0 aliphatic carbocycles. The maximum atomic E-state index is 13.2. The number of benzene rings is 1. The molecule has 68 valence electrons. The molecule has 0 saturated carbocycles. The summed E-state index contributed by atoms with van der Waals surface area (Å²) in [7, 11) is 1.72. The Hall–Kier alpha value is -1.40.